The van der Waals surface area contributed by atoms with E-state index in [9.17, 15) is 4.39 Å². The third-order valence-electron chi connectivity index (χ3n) is 5.60. The molecule has 28 heavy (non-hydrogen) atoms. The van der Waals surface area contributed by atoms with Crippen molar-refractivity contribution >= 4 is 0 Å². The summed E-state index contributed by atoms with van der Waals surface area (Å²) in [4.78, 5) is 0. The SMILES string of the molecule is CCCCCCOC1CCC(c2ccc(C#Cc3ccc(F)cc3)cc2)CC1. The molecule has 0 bridgehead atoms. The number of rotatable bonds is 7. The van der Waals surface area contributed by atoms with Crippen LogP contribution < -0.4 is 0 Å². The lowest BCUT2D eigenvalue weighted by Gasteiger charge is -2.29. The summed E-state index contributed by atoms with van der Waals surface area (Å²) in [6.07, 6.45) is 10.3. The van der Waals surface area contributed by atoms with Gasteiger partial charge in [0.25, 0.3) is 0 Å². The molecule has 0 unspecified atom stereocenters. The Balaban J connectivity index is 1.45. The fourth-order valence-corrected chi connectivity index (χ4v) is 3.86. The number of unbranched alkanes of at least 4 members (excludes halogenated alkanes) is 3. The Morgan fingerprint density at radius 1 is 0.821 bits per heavy atom. The summed E-state index contributed by atoms with van der Waals surface area (Å²) in [5, 5.41) is 0. The minimum atomic E-state index is -0.230. The minimum absolute atomic E-state index is 0.230. The maximum Gasteiger partial charge on any atom is 0.123 e. The highest BCUT2D eigenvalue weighted by molar-refractivity contribution is 5.43. The fraction of sp³-hybridized carbons (Fsp3) is 0.462. The molecule has 0 atom stereocenters. The summed E-state index contributed by atoms with van der Waals surface area (Å²) in [6, 6.07) is 14.9. The van der Waals surface area contributed by atoms with E-state index >= 15 is 0 Å². The summed E-state index contributed by atoms with van der Waals surface area (Å²) in [6.45, 7) is 3.17. The minimum Gasteiger partial charge on any atom is -0.378 e. The predicted octanol–water partition coefficient (Wildman–Crippen LogP) is 6.85. The molecule has 1 saturated carbocycles. The van der Waals surface area contributed by atoms with E-state index in [1.165, 1.54) is 69.1 Å². The van der Waals surface area contributed by atoms with Crippen molar-refractivity contribution in [1.82, 2.24) is 0 Å². The van der Waals surface area contributed by atoms with Gasteiger partial charge in [-0.1, -0.05) is 50.2 Å². The van der Waals surface area contributed by atoms with Crippen molar-refractivity contribution in [2.45, 2.75) is 70.3 Å². The molecule has 0 spiro atoms. The Bertz CT molecular complexity index is 759. The van der Waals surface area contributed by atoms with Gasteiger partial charge in [0.05, 0.1) is 6.10 Å². The zero-order valence-corrected chi connectivity index (χ0v) is 16.9. The van der Waals surface area contributed by atoms with E-state index in [0.29, 0.717) is 12.0 Å². The first-order valence-electron chi connectivity index (χ1n) is 10.7. The Morgan fingerprint density at radius 3 is 2.04 bits per heavy atom. The van der Waals surface area contributed by atoms with Gasteiger partial charge in [-0.3, -0.25) is 0 Å². The second-order valence-electron chi connectivity index (χ2n) is 7.78. The number of ether oxygens (including phenoxy) is 1. The molecule has 1 fully saturated rings. The average Bonchev–Trinajstić information content (AvgIpc) is 2.74. The van der Waals surface area contributed by atoms with Crippen molar-refractivity contribution in [3.8, 4) is 11.8 Å². The number of hydrogen-bond donors (Lipinski definition) is 0. The van der Waals surface area contributed by atoms with Crippen molar-refractivity contribution in [2.24, 2.45) is 0 Å². The molecule has 0 aromatic heterocycles. The van der Waals surface area contributed by atoms with Crippen LogP contribution in [0.1, 0.15) is 80.9 Å². The lowest BCUT2D eigenvalue weighted by Crippen LogP contribution is -2.21. The van der Waals surface area contributed by atoms with Crippen molar-refractivity contribution in [1.29, 1.82) is 0 Å². The van der Waals surface area contributed by atoms with Gasteiger partial charge in [-0.2, -0.15) is 0 Å². The molecule has 1 nitrogen and oxygen atoms in total. The first kappa shape index (κ1) is 20.6. The van der Waals surface area contributed by atoms with Crippen molar-refractivity contribution in [2.75, 3.05) is 6.61 Å². The molecule has 1 aliphatic rings. The van der Waals surface area contributed by atoms with Gasteiger partial charge in [0, 0.05) is 17.7 Å². The maximum absolute atomic E-state index is 12.9. The molecular formula is C26H31FO. The van der Waals surface area contributed by atoms with Gasteiger partial charge in [-0.25, -0.2) is 4.39 Å². The van der Waals surface area contributed by atoms with E-state index in [-0.39, 0.29) is 5.82 Å². The van der Waals surface area contributed by atoms with E-state index in [2.05, 4.69) is 43.0 Å². The van der Waals surface area contributed by atoms with E-state index < -0.39 is 0 Å². The molecule has 0 heterocycles. The number of hydrogen-bond acceptors (Lipinski definition) is 1. The topological polar surface area (TPSA) is 9.23 Å². The lowest BCUT2D eigenvalue weighted by molar-refractivity contribution is 0.0226. The molecule has 1 aliphatic carbocycles. The van der Waals surface area contributed by atoms with Crippen LogP contribution in [0.25, 0.3) is 0 Å². The van der Waals surface area contributed by atoms with Gasteiger partial charge in [0.1, 0.15) is 5.82 Å². The zero-order chi connectivity index (χ0) is 19.6. The van der Waals surface area contributed by atoms with Gasteiger partial charge >= 0.3 is 0 Å². The molecule has 2 aromatic rings. The molecule has 0 aliphatic heterocycles. The lowest BCUT2D eigenvalue weighted by atomic mass is 9.82. The van der Waals surface area contributed by atoms with Crippen LogP contribution in [0.2, 0.25) is 0 Å². The van der Waals surface area contributed by atoms with E-state index in [4.69, 9.17) is 4.74 Å². The third kappa shape index (κ3) is 6.50. The summed E-state index contributed by atoms with van der Waals surface area (Å²) in [7, 11) is 0. The highest BCUT2D eigenvalue weighted by Gasteiger charge is 2.22. The van der Waals surface area contributed by atoms with Gasteiger partial charge in [-0.15, -0.1) is 0 Å². The van der Waals surface area contributed by atoms with Gasteiger partial charge in [0.15, 0.2) is 0 Å². The van der Waals surface area contributed by atoms with Crippen molar-refractivity contribution < 1.29 is 9.13 Å². The maximum atomic E-state index is 12.9. The normalized spacial score (nSPS) is 19.1. The summed E-state index contributed by atoms with van der Waals surface area (Å²) in [5.41, 5.74) is 3.24. The highest BCUT2D eigenvalue weighted by Crippen LogP contribution is 2.34. The van der Waals surface area contributed by atoms with Gasteiger partial charge < -0.3 is 4.74 Å². The molecular weight excluding hydrogens is 347 g/mol. The smallest absolute Gasteiger partial charge is 0.123 e. The Hall–Kier alpha value is -2.11. The number of benzene rings is 2. The average molecular weight is 379 g/mol. The summed E-state index contributed by atoms with van der Waals surface area (Å²) < 4.78 is 19.0. The van der Waals surface area contributed by atoms with E-state index in [1.54, 1.807) is 12.1 Å². The van der Waals surface area contributed by atoms with Crippen LogP contribution in [-0.4, -0.2) is 12.7 Å². The van der Waals surface area contributed by atoms with Crippen LogP contribution in [0.4, 0.5) is 4.39 Å². The standard InChI is InChI=1S/C26H31FO/c1-2-3-4-5-20-28-26-18-14-24(15-19-26)23-12-8-21(9-13-23)6-7-22-10-16-25(27)17-11-22/h8-13,16-17,24,26H,2-5,14-15,18-20H2,1H3. The molecule has 3 rings (SSSR count). The van der Waals surface area contributed by atoms with Crippen LogP contribution >= 0.6 is 0 Å². The molecule has 0 N–H and O–H groups in total. The number of halogens is 1. The Morgan fingerprint density at radius 2 is 1.43 bits per heavy atom. The van der Waals surface area contributed by atoms with Crippen LogP contribution in [0.15, 0.2) is 48.5 Å². The van der Waals surface area contributed by atoms with Crippen molar-refractivity contribution in [3.05, 3.63) is 71.0 Å². The summed E-state index contributed by atoms with van der Waals surface area (Å²) in [5.74, 6) is 6.66. The first-order chi connectivity index (χ1) is 13.7. The van der Waals surface area contributed by atoms with E-state index in [0.717, 1.165) is 17.7 Å². The molecule has 0 saturated heterocycles. The van der Waals surface area contributed by atoms with Crippen LogP contribution in [0, 0.1) is 17.7 Å². The zero-order valence-electron chi connectivity index (χ0n) is 16.9. The van der Waals surface area contributed by atoms with Crippen LogP contribution in [0.5, 0.6) is 0 Å². The van der Waals surface area contributed by atoms with E-state index in [1.807, 2.05) is 0 Å². The second kappa shape index (κ2) is 11.0. The molecule has 0 amide bonds. The molecule has 2 aromatic carbocycles. The molecule has 148 valence electrons. The summed E-state index contributed by atoms with van der Waals surface area (Å²) >= 11 is 0. The molecule has 0 radical (unpaired) electrons. The monoisotopic (exact) mass is 378 g/mol. The Labute approximate surface area is 169 Å². The quantitative estimate of drug-likeness (QED) is 0.378. The van der Waals surface area contributed by atoms with Crippen LogP contribution in [-0.2, 0) is 4.74 Å². The fourth-order valence-electron chi connectivity index (χ4n) is 3.86. The highest BCUT2D eigenvalue weighted by atomic mass is 19.1. The second-order valence-corrected chi connectivity index (χ2v) is 7.78. The molecule has 2 heteroatoms. The van der Waals surface area contributed by atoms with Crippen molar-refractivity contribution in [3.63, 3.8) is 0 Å². The predicted molar refractivity (Wildman–Crippen MR) is 114 cm³/mol. The van der Waals surface area contributed by atoms with Gasteiger partial charge in [0.2, 0.25) is 0 Å². The largest absolute Gasteiger partial charge is 0.378 e. The third-order valence-corrected chi connectivity index (χ3v) is 5.60. The van der Waals surface area contributed by atoms with Crippen LogP contribution in [0.3, 0.4) is 0 Å². The Kier molecular flexibility index (Phi) is 8.12. The van der Waals surface area contributed by atoms with Gasteiger partial charge in [-0.05, 0) is 80.0 Å². The first-order valence-corrected chi connectivity index (χ1v) is 10.7.